The van der Waals surface area contributed by atoms with Gasteiger partial charge in [0.25, 0.3) is 0 Å². The smallest absolute Gasteiger partial charge is 0.326 e. The standard InChI is InChI=1S/C20H18F3N3O3S2/c1-2-12-5-8-15(9-17(12)31(24,28)29)25-18(27)10-16-11-30-19(26-16)13-3-6-14(7-4-13)20(21,22)23/h3-9,11H,2,10H2,1H3,(H,25,27)(H2,24,28,29). The van der Waals surface area contributed by atoms with Gasteiger partial charge in [-0.3, -0.25) is 4.79 Å². The number of thiazole rings is 1. The SMILES string of the molecule is CCc1ccc(NC(=O)Cc2csc(-c3ccc(C(F)(F)F)cc3)n2)cc1S(N)(=O)=O. The number of carbonyl (C=O) groups excluding carboxylic acids is 1. The largest absolute Gasteiger partial charge is 0.416 e. The van der Waals surface area contributed by atoms with E-state index in [9.17, 15) is 26.4 Å². The van der Waals surface area contributed by atoms with Crippen LogP contribution >= 0.6 is 11.3 Å². The lowest BCUT2D eigenvalue weighted by Crippen LogP contribution is -2.17. The predicted octanol–water partition coefficient (Wildman–Crippen LogP) is 4.22. The van der Waals surface area contributed by atoms with E-state index in [2.05, 4.69) is 10.3 Å². The first-order chi connectivity index (χ1) is 14.5. The topological polar surface area (TPSA) is 102 Å². The van der Waals surface area contributed by atoms with Crippen molar-refractivity contribution in [3.8, 4) is 10.6 Å². The van der Waals surface area contributed by atoms with Crippen LogP contribution in [0.1, 0.15) is 23.7 Å². The first-order valence-electron chi connectivity index (χ1n) is 9.05. The highest BCUT2D eigenvalue weighted by Gasteiger charge is 2.30. The van der Waals surface area contributed by atoms with Crippen LogP contribution in [0.15, 0.2) is 52.7 Å². The number of nitrogens with two attached hydrogens (primary N) is 1. The molecular formula is C20H18F3N3O3S2. The molecule has 3 N–H and O–H groups in total. The van der Waals surface area contributed by atoms with E-state index >= 15 is 0 Å². The van der Waals surface area contributed by atoms with E-state index < -0.39 is 27.7 Å². The van der Waals surface area contributed by atoms with E-state index in [1.807, 2.05) is 0 Å². The van der Waals surface area contributed by atoms with Crippen molar-refractivity contribution in [2.75, 3.05) is 5.32 Å². The first kappa shape index (κ1) is 22.9. The molecule has 0 aliphatic heterocycles. The van der Waals surface area contributed by atoms with Crippen LogP contribution in [0.4, 0.5) is 18.9 Å². The van der Waals surface area contributed by atoms with Crippen molar-refractivity contribution in [3.05, 3.63) is 64.7 Å². The minimum Gasteiger partial charge on any atom is -0.326 e. The molecule has 0 saturated carbocycles. The van der Waals surface area contributed by atoms with Crippen LogP contribution in [0.25, 0.3) is 10.6 Å². The number of aryl methyl sites for hydroxylation is 1. The van der Waals surface area contributed by atoms with Crippen LogP contribution in [0.2, 0.25) is 0 Å². The lowest BCUT2D eigenvalue weighted by Gasteiger charge is -2.10. The monoisotopic (exact) mass is 469 g/mol. The molecule has 0 spiro atoms. The van der Waals surface area contributed by atoms with E-state index in [4.69, 9.17) is 5.14 Å². The van der Waals surface area contributed by atoms with Crippen molar-refractivity contribution in [2.45, 2.75) is 30.8 Å². The van der Waals surface area contributed by atoms with Gasteiger partial charge < -0.3 is 5.32 Å². The normalized spacial score (nSPS) is 12.0. The Bertz CT molecular complexity index is 1200. The number of rotatable bonds is 6. The summed E-state index contributed by atoms with van der Waals surface area (Å²) in [6.45, 7) is 1.79. The Balaban J connectivity index is 1.71. The number of alkyl halides is 3. The van der Waals surface area contributed by atoms with Crippen molar-refractivity contribution in [2.24, 2.45) is 5.14 Å². The summed E-state index contributed by atoms with van der Waals surface area (Å²) in [4.78, 5) is 16.6. The number of hydrogen-bond acceptors (Lipinski definition) is 5. The summed E-state index contributed by atoms with van der Waals surface area (Å²) >= 11 is 1.21. The molecule has 3 aromatic rings. The molecule has 1 aromatic heterocycles. The zero-order valence-corrected chi connectivity index (χ0v) is 17.9. The number of nitrogens with one attached hydrogen (secondary N) is 1. The molecule has 11 heteroatoms. The van der Waals surface area contributed by atoms with Crippen LogP contribution in [0.3, 0.4) is 0 Å². The summed E-state index contributed by atoms with van der Waals surface area (Å²) in [7, 11) is -3.93. The predicted molar refractivity (Wildman–Crippen MR) is 112 cm³/mol. The number of benzene rings is 2. The summed E-state index contributed by atoms with van der Waals surface area (Å²) in [5.41, 5.74) is 1.03. The maximum Gasteiger partial charge on any atom is 0.416 e. The Morgan fingerprint density at radius 3 is 2.42 bits per heavy atom. The zero-order chi connectivity index (χ0) is 22.8. The minimum atomic E-state index is -4.41. The molecule has 0 bridgehead atoms. The van der Waals surface area contributed by atoms with Gasteiger partial charge in [-0.15, -0.1) is 11.3 Å². The number of carbonyl (C=O) groups is 1. The highest BCUT2D eigenvalue weighted by molar-refractivity contribution is 7.89. The van der Waals surface area contributed by atoms with E-state index in [0.717, 1.165) is 12.1 Å². The molecule has 164 valence electrons. The quantitative estimate of drug-likeness (QED) is 0.564. The number of sulfonamides is 1. The molecule has 1 heterocycles. The van der Waals surface area contributed by atoms with Crippen molar-refractivity contribution in [3.63, 3.8) is 0 Å². The van der Waals surface area contributed by atoms with Crippen LogP contribution in [0, 0.1) is 0 Å². The first-order valence-corrected chi connectivity index (χ1v) is 11.5. The fraction of sp³-hybridized carbons (Fsp3) is 0.200. The van der Waals surface area contributed by atoms with Crippen molar-refractivity contribution in [1.29, 1.82) is 0 Å². The number of primary sulfonamides is 1. The molecular weight excluding hydrogens is 451 g/mol. The van der Waals surface area contributed by atoms with E-state index in [0.29, 0.717) is 28.2 Å². The number of amides is 1. The lowest BCUT2D eigenvalue weighted by molar-refractivity contribution is -0.137. The van der Waals surface area contributed by atoms with E-state index in [1.54, 1.807) is 24.4 Å². The second-order valence-electron chi connectivity index (χ2n) is 6.67. The third-order valence-corrected chi connectivity index (χ3v) is 6.32. The number of aromatic nitrogens is 1. The Labute approximate surface area is 181 Å². The number of halogens is 3. The van der Waals surface area contributed by atoms with Crippen LogP contribution in [-0.2, 0) is 33.8 Å². The van der Waals surface area contributed by atoms with Crippen molar-refractivity contribution in [1.82, 2.24) is 4.98 Å². The third-order valence-electron chi connectivity index (χ3n) is 4.39. The van der Waals surface area contributed by atoms with Gasteiger partial charge in [-0.25, -0.2) is 18.5 Å². The summed E-state index contributed by atoms with van der Waals surface area (Å²) < 4.78 is 61.5. The van der Waals surface area contributed by atoms with Gasteiger partial charge in [-0.1, -0.05) is 25.1 Å². The maximum atomic E-state index is 12.7. The summed E-state index contributed by atoms with van der Waals surface area (Å²) in [6.07, 6.45) is -4.04. The van der Waals surface area contributed by atoms with Crippen LogP contribution in [0.5, 0.6) is 0 Å². The minimum absolute atomic E-state index is 0.0500. The Morgan fingerprint density at radius 1 is 1.16 bits per heavy atom. The number of anilines is 1. The molecule has 0 unspecified atom stereocenters. The van der Waals surface area contributed by atoms with Gasteiger partial charge in [0.1, 0.15) is 5.01 Å². The van der Waals surface area contributed by atoms with Gasteiger partial charge in [0.2, 0.25) is 15.9 Å². The summed E-state index contributed by atoms with van der Waals surface area (Å²) in [6, 6.07) is 9.09. The molecule has 0 saturated heterocycles. The second kappa shape index (κ2) is 8.77. The average molecular weight is 470 g/mol. The highest BCUT2D eigenvalue weighted by atomic mass is 32.2. The van der Waals surface area contributed by atoms with Gasteiger partial charge >= 0.3 is 6.18 Å². The Kier molecular flexibility index (Phi) is 6.48. The number of hydrogen-bond donors (Lipinski definition) is 2. The average Bonchev–Trinajstić information content (AvgIpc) is 3.15. The summed E-state index contributed by atoms with van der Waals surface area (Å²) in [5.74, 6) is -0.422. The van der Waals surface area contributed by atoms with Gasteiger partial charge in [0, 0.05) is 16.6 Å². The fourth-order valence-electron chi connectivity index (χ4n) is 2.88. The van der Waals surface area contributed by atoms with Gasteiger partial charge in [0.05, 0.1) is 22.6 Å². The Morgan fingerprint density at radius 2 is 1.84 bits per heavy atom. The van der Waals surface area contributed by atoms with Gasteiger partial charge in [0.15, 0.2) is 0 Å². The number of nitrogens with zero attached hydrogens (tertiary/aromatic N) is 1. The van der Waals surface area contributed by atoms with Crippen LogP contribution in [-0.4, -0.2) is 19.3 Å². The van der Waals surface area contributed by atoms with Crippen molar-refractivity contribution >= 4 is 33.0 Å². The second-order valence-corrected chi connectivity index (χ2v) is 9.05. The van der Waals surface area contributed by atoms with Crippen molar-refractivity contribution < 1.29 is 26.4 Å². The molecule has 31 heavy (non-hydrogen) atoms. The molecule has 3 rings (SSSR count). The zero-order valence-electron chi connectivity index (χ0n) is 16.2. The molecule has 0 aliphatic rings. The lowest BCUT2D eigenvalue weighted by atomic mass is 10.1. The third kappa shape index (κ3) is 5.69. The van der Waals surface area contributed by atoms with Gasteiger partial charge in [-0.2, -0.15) is 13.2 Å². The molecule has 1 amide bonds. The summed E-state index contributed by atoms with van der Waals surface area (Å²) in [5, 5.41) is 9.97. The maximum absolute atomic E-state index is 12.7. The van der Waals surface area contributed by atoms with E-state index in [-0.39, 0.29) is 17.0 Å². The molecule has 0 aliphatic carbocycles. The molecule has 0 radical (unpaired) electrons. The molecule has 0 fully saturated rings. The molecule has 0 atom stereocenters. The van der Waals surface area contributed by atoms with Crippen LogP contribution < -0.4 is 10.5 Å². The van der Waals surface area contributed by atoms with Gasteiger partial charge in [-0.05, 0) is 36.2 Å². The highest BCUT2D eigenvalue weighted by Crippen LogP contribution is 2.32. The molecule has 2 aromatic carbocycles. The fourth-order valence-corrected chi connectivity index (χ4v) is 4.58. The molecule has 6 nitrogen and oxygen atoms in total. The Hall–Kier alpha value is -2.76. The van der Waals surface area contributed by atoms with E-state index in [1.165, 1.54) is 29.5 Å².